The van der Waals surface area contributed by atoms with E-state index >= 15 is 0 Å². The maximum atomic E-state index is 12.2. The third-order valence-corrected chi connectivity index (χ3v) is 4.19. The Balaban J connectivity index is 1.83. The average molecular weight is 334 g/mol. The number of sulfonamides is 1. The van der Waals surface area contributed by atoms with Gasteiger partial charge in [-0.25, -0.2) is 13.2 Å². The van der Waals surface area contributed by atoms with E-state index in [9.17, 15) is 18.0 Å². The van der Waals surface area contributed by atoms with Crippen molar-refractivity contribution in [3.8, 4) is 0 Å². The maximum absolute atomic E-state index is 12.2. The normalized spacial score (nSPS) is 11.5. The molecule has 3 aromatic rings. The molecule has 9 heteroatoms. The lowest BCUT2D eigenvalue weighted by molar-refractivity contribution is 0.0917. The van der Waals surface area contributed by atoms with E-state index in [4.69, 9.17) is 8.83 Å². The standard InChI is InChI=1S/C14H10N2O6S/c17-13-6-3-9-8-10(4-5-11(9)22-13)23(19,20)16-15-14(18)12-2-1-7-21-12/h1-8,16H,(H,15,18). The largest absolute Gasteiger partial charge is 0.459 e. The first-order valence-corrected chi connectivity index (χ1v) is 7.84. The minimum Gasteiger partial charge on any atom is -0.459 e. The molecule has 8 nitrogen and oxygen atoms in total. The van der Waals surface area contributed by atoms with Gasteiger partial charge in [-0.1, -0.05) is 0 Å². The monoisotopic (exact) mass is 334 g/mol. The minimum absolute atomic E-state index is 0.0343. The molecule has 0 aliphatic heterocycles. The molecule has 0 bridgehead atoms. The first kappa shape index (κ1) is 15.0. The number of hydrogen-bond acceptors (Lipinski definition) is 6. The molecule has 0 unspecified atom stereocenters. The lowest BCUT2D eigenvalue weighted by Crippen LogP contribution is -2.41. The van der Waals surface area contributed by atoms with Crippen LogP contribution in [0.15, 0.2) is 67.3 Å². The SMILES string of the molecule is O=C(NNS(=O)(=O)c1ccc2oc(=O)ccc2c1)c1ccco1. The van der Waals surface area contributed by atoms with Gasteiger partial charge in [0.05, 0.1) is 11.2 Å². The molecule has 0 atom stereocenters. The fourth-order valence-electron chi connectivity index (χ4n) is 1.86. The second kappa shape index (κ2) is 5.71. The van der Waals surface area contributed by atoms with Gasteiger partial charge >= 0.3 is 11.5 Å². The third kappa shape index (κ3) is 3.15. The van der Waals surface area contributed by atoms with E-state index in [-0.39, 0.29) is 16.2 Å². The lowest BCUT2D eigenvalue weighted by atomic mass is 10.2. The van der Waals surface area contributed by atoms with Crippen LogP contribution in [0.1, 0.15) is 10.6 Å². The zero-order chi connectivity index (χ0) is 16.4. The Hall–Kier alpha value is -2.91. The van der Waals surface area contributed by atoms with Crippen molar-refractivity contribution in [2.75, 3.05) is 0 Å². The number of carbonyl (C=O) groups excluding carboxylic acids is 1. The van der Waals surface area contributed by atoms with Crippen molar-refractivity contribution in [2.24, 2.45) is 0 Å². The quantitative estimate of drug-likeness (QED) is 0.543. The van der Waals surface area contributed by atoms with Crippen molar-refractivity contribution >= 4 is 26.9 Å². The highest BCUT2D eigenvalue weighted by molar-refractivity contribution is 7.89. The molecule has 118 valence electrons. The van der Waals surface area contributed by atoms with Gasteiger partial charge in [-0.15, -0.1) is 4.83 Å². The van der Waals surface area contributed by atoms with Crippen LogP contribution in [-0.4, -0.2) is 14.3 Å². The molecule has 3 rings (SSSR count). The zero-order valence-corrected chi connectivity index (χ0v) is 12.3. The van der Waals surface area contributed by atoms with Crippen molar-refractivity contribution in [3.05, 3.63) is 64.9 Å². The predicted octanol–water partition coefficient (Wildman–Crippen LogP) is 1.01. The van der Waals surface area contributed by atoms with Crippen LogP contribution in [0, 0.1) is 0 Å². The molecule has 0 spiro atoms. The number of hydrazine groups is 1. The first-order valence-electron chi connectivity index (χ1n) is 6.35. The smallest absolute Gasteiger partial charge is 0.336 e. The van der Waals surface area contributed by atoms with Gasteiger partial charge in [0.2, 0.25) is 0 Å². The lowest BCUT2D eigenvalue weighted by Gasteiger charge is -2.08. The summed E-state index contributed by atoms with van der Waals surface area (Å²) in [5.74, 6) is -0.765. The second-order valence-corrected chi connectivity index (χ2v) is 6.17. The summed E-state index contributed by atoms with van der Waals surface area (Å²) in [7, 11) is -3.99. The summed E-state index contributed by atoms with van der Waals surface area (Å²) in [5.41, 5.74) is 1.77. The van der Waals surface area contributed by atoms with Crippen LogP contribution in [0.3, 0.4) is 0 Å². The van der Waals surface area contributed by atoms with Crippen molar-refractivity contribution < 1.29 is 22.0 Å². The number of carbonyl (C=O) groups is 1. The Morgan fingerprint density at radius 1 is 1.09 bits per heavy atom. The van der Waals surface area contributed by atoms with Gasteiger partial charge in [-0.05, 0) is 36.4 Å². The molecule has 2 N–H and O–H groups in total. The number of fused-ring (bicyclic) bond motifs is 1. The summed E-state index contributed by atoms with van der Waals surface area (Å²) in [4.78, 5) is 24.6. The number of benzene rings is 1. The maximum Gasteiger partial charge on any atom is 0.336 e. The Morgan fingerprint density at radius 3 is 2.65 bits per heavy atom. The van der Waals surface area contributed by atoms with Crippen molar-refractivity contribution in [1.29, 1.82) is 0 Å². The molecule has 2 aromatic heterocycles. The molecule has 0 aliphatic carbocycles. The molecule has 1 amide bonds. The number of amides is 1. The molecular weight excluding hydrogens is 324 g/mol. The Labute approximate surface area is 129 Å². The van der Waals surface area contributed by atoms with Gasteiger partial charge in [0.15, 0.2) is 5.76 Å². The zero-order valence-electron chi connectivity index (χ0n) is 11.5. The topological polar surface area (TPSA) is 119 Å². The van der Waals surface area contributed by atoms with Crippen LogP contribution >= 0.6 is 0 Å². The van der Waals surface area contributed by atoms with Crippen LogP contribution in [0.5, 0.6) is 0 Å². The summed E-state index contributed by atoms with van der Waals surface area (Å²) in [6.45, 7) is 0. The van der Waals surface area contributed by atoms with E-state index in [0.29, 0.717) is 5.39 Å². The Morgan fingerprint density at radius 2 is 1.91 bits per heavy atom. The molecule has 2 heterocycles. The molecule has 23 heavy (non-hydrogen) atoms. The van der Waals surface area contributed by atoms with Crippen LogP contribution in [0.4, 0.5) is 0 Å². The summed E-state index contributed by atoms with van der Waals surface area (Å²) in [6, 6.07) is 9.46. The molecule has 1 aromatic carbocycles. The van der Waals surface area contributed by atoms with E-state index < -0.39 is 21.6 Å². The number of nitrogens with one attached hydrogen (secondary N) is 2. The number of furan rings is 1. The molecule has 0 radical (unpaired) electrons. The van der Waals surface area contributed by atoms with Gasteiger partial charge in [0, 0.05) is 11.5 Å². The van der Waals surface area contributed by atoms with Crippen LogP contribution < -0.4 is 15.9 Å². The highest BCUT2D eigenvalue weighted by Crippen LogP contribution is 2.17. The van der Waals surface area contributed by atoms with Crippen molar-refractivity contribution in [3.63, 3.8) is 0 Å². The van der Waals surface area contributed by atoms with Crippen LogP contribution in [-0.2, 0) is 10.0 Å². The fraction of sp³-hybridized carbons (Fsp3) is 0. The summed E-state index contributed by atoms with van der Waals surface area (Å²) >= 11 is 0. The van der Waals surface area contributed by atoms with Gasteiger partial charge in [0.25, 0.3) is 10.0 Å². The van der Waals surface area contributed by atoms with E-state index in [1.54, 1.807) is 0 Å². The Kier molecular flexibility index (Phi) is 3.72. The Bertz CT molecular complexity index is 1020. The van der Waals surface area contributed by atoms with Crippen LogP contribution in [0.2, 0.25) is 0 Å². The van der Waals surface area contributed by atoms with E-state index in [0.717, 1.165) is 0 Å². The summed E-state index contributed by atoms with van der Waals surface area (Å²) in [5, 5.41) is 0.435. The predicted molar refractivity (Wildman–Crippen MR) is 79.0 cm³/mol. The molecule has 0 fully saturated rings. The van der Waals surface area contributed by atoms with E-state index in [2.05, 4.69) is 0 Å². The molecule has 0 saturated heterocycles. The minimum atomic E-state index is -3.99. The average Bonchev–Trinajstić information content (AvgIpc) is 3.06. The summed E-state index contributed by atoms with van der Waals surface area (Å²) < 4.78 is 34.1. The number of hydrogen-bond donors (Lipinski definition) is 2. The van der Waals surface area contributed by atoms with E-state index in [1.807, 2.05) is 10.3 Å². The first-order chi connectivity index (χ1) is 11.0. The van der Waals surface area contributed by atoms with Crippen molar-refractivity contribution in [1.82, 2.24) is 10.3 Å². The second-order valence-electron chi connectivity index (χ2n) is 4.49. The van der Waals surface area contributed by atoms with Gasteiger partial charge in [-0.3, -0.25) is 10.2 Å². The highest BCUT2D eigenvalue weighted by atomic mass is 32.2. The molecule has 0 aliphatic rings. The third-order valence-electron chi connectivity index (χ3n) is 2.94. The molecule has 0 saturated carbocycles. The highest BCUT2D eigenvalue weighted by Gasteiger charge is 2.17. The fourth-order valence-corrected chi connectivity index (χ4v) is 2.73. The summed E-state index contributed by atoms with van der Waals surface area (Å²) in [6.07, 6.45) is 1.29. The van der Waals surface area contributed by atoms with Crippen molar-refractivity contribution in [2.45, 2.75) is 4.90 Å². The van der Waals surface area contributed by atoms with Gasteiger partial charge in [0.1, 0.15) is 5.58 Å². The van der Waals surface area contributed by atoms with Crippen LogP contribution in [0.25, 0.3) is 11.0 Å². The van der Waals surface area contributed by atoms with Gasteiger partial charge in [-0.2, -0.15) is 0 Å². The number of rotatable bonds is 4. The van der Waals surface area contributed by atoms with Gasteiger partial charge < -0.3 is 8.83 Å². The molecular formula is C14H10N2O6S. The van der Waals surface area contributed by atoms with E-state index in [1.165, 1.54) is 48.7 Å².